The molecule has 6 nitrogen and oxygen atoms in total. The molecule has 0 aliphatic carbocycles. The largest absolute Gasteiger partial charge is 0.736 e. The molecule has 3 aromatic rings. The lowest BCUT2D eigenvalue weighted by molar-refractivity contribution is -0.683. The number of aryl methyl sites for hydroxylation is 1. The molecule has 1 heterocycles. The van der Waals surface area contributed by atoms with Crippen LogP contribution in [0.1, 0.15) is 94.4 Å². The molecule has 43 heavy (non-hydrogen) atoms. The fourth-order valence-electron chi connectivity index (χ4n) is 4.61. The number of phosphoric acid groups is 1. The number of hydrogen-bond donors (Lipinski definition) is 0. The van der Waals surface area contributed by atoms with Crippen LogP contribution < -0.4 is 23.2 Å². The maximum atomic E-state index is 12.8. The molecule has 0 saturated carbocycles. The van der Waals surface area contributed by atoms with Crippen LogP contribution in [-0.4, -0.2) is 6.61 Å². The van der Waals surface area contributed by atoms with E-state index in [4.69, 9.17) is 60.2 Å². The molecule has 0 radical (unpaired) electrons. The van der Waals surface area contributed by atoms with E-state index in [0.29, 0.717) is 13.2 Å². The van der Waals surface area contributed by atoms with Gasteiger partial charge < -0.3 is 18.7 Å². The van der Waals surface area contributed by atoms with Gasteiger partial charge in [0, 0.05) is 5.56 Å². The zero-order valence-corrected chi connectivity index (χ0v) is 29.5. The number of benzene rings is 2. The van der Waals surface area contributed by atoms with E-state index in [2.05, 4.69) is 6.92 Å². The average Bonchev–Trinajstić information content (AvgIpc) is 3.38. The highest BCUT2D eigenvalue weighted by Crippen LogP contribution is 2.54. The Bertz CT molecular complexity index is 1330. The lowest BCUT2D eigenvalue weighted by Crippen LogP contribution is -2.30. The third-order valence-electron chi connectivity index (χ3n) is 6.83. The van der Waals surface area contributed by atoms with E-state index in [0.717, 1.165) is 29.7 Å². The van der Waals surface area contributed by atoms with Gasteiger partial charge in [0.15, 0.2) is 24.2 Å². The highest BCUT2D eigenvalue weighted by molar-refractivity contribution is 7.46. The Kier molecular flexibility index (Phi) is 15.8. The number of nitrogens with zero attached hydrogens (tertiary/aromatic N) is 1. The first-order chi connectivity index (χ1) is 20.6. The maximum Gasteiger partial charge on any atom is 0.372 e. The molecule has 3 rings (SSSR count). The number of phosphoric ester groups is 1. The van der Waals surface area contributed by atoms with E-state index in [9.17, 15) is 9.46 Å². The van der Waals surface area contributed by atoms with Crippen molar-refractivity contribution in [3.8, 4) is 17.2 Å². The highest BCUT2D eigenvalue weighted by Gasteiger charge is 2.26. The molecule has 0 spiro atoms. The molecule has 1 atom stereocenters. The van der Waals surface area contributed by atoms with Crippen LogP contribution >= 0.6 is 65.6 Å². The van der Waals surface area contributed by atoms with Gasteiger partial charge in [-0.15, -0.1) is 0 Å². The standard InChI is InChI=1S/C31H40Cl4NO5PS/c1-3-4-5-6-7-8-9-10-11-12-13-14-18-39-30-26(32)28(34)31(29(35)27(30)33)41-42(37,38)40-25-17-15-16-24(19-25)21-36-20-23(2)43-22-36/h15-17,19-20,22H,3-14,18,21H2,1-2H3. The maximum absolute atomic E-state index is 12.8. The Labute approximate surface area is 279 Å². The topological polar surface area (TPSA) is 71.7 Å². The molecule has 2 aromatic carbocycles. The minimum absolute atomic E-state index is 0.0789. The van der Waals surface area contributed by atoms with Crippen LogP contribution in [0.2, 0.25) is 20.1 Å². The van der Waals surface area contributed by atoms with Crippen LogP contribution in [0.15, 0.2) is 36.0 Å². The number of thiazole rings is 1. The Hall–Kier alpha value is -1.18. The molecule has 1 unspecified atom stereocenters. The fourth-order valence-corrected chi connectivity index (χ4v) is 7.18. The monoisotopic (exact) mass is 709 g/mol. The Morgan fingerprint density at radius 3 is 1.93 bits per heavy atom. The number of ether oxygens (including phenoxy) is 1. The Morgan fingerprint density at radius 2 is 1.37 bits per heavy atom. The summed E-state index contributed by atoms with van der Waals surface area (Å²) in [4.78, 5) is 14.0. The van der Waals surface area contributed by atoms with Crippen LogP contribution in [0.25, 0.3) is 0 Å². The van der Waals surface area contributed by atoms with Gasteiger partial charge in [0.25, 0.3) is 0 Å². The second kappa shape index (κ2) is 18.7. The second-order valence-electron chi connectivity index (χ2n) is 10.6. The van der Waals surface area contributed by atoms with Crippen molar-refractivity contribution in [1.29, 1.82) is 0 Å². The summed E-state index contributed by atoms with van der Waals surface area (Å²) in [7, 11) is -4.98. The lowest BCUT2D eigenvalue weighted by Gasteiger charge is -2.26. The van der Waals surface area contributed by atoms with Crippen molar-refractivity contribution < 1.29 is 27.8 Å². The van der Waals surface area contributed by atoms with Gasteiger partial charge in [0.1, 0.15) is 25.8 Å². The molecule has 12 heteroatoms. The summed E-state index contributed by atoms with van der Waals surface area (Å²) in [5.41, 5.74) is 2.82. The van der Waals surface area contributed by atoms with Crippen molar-refractivity contribution in [2.75, 3.05) is 6.61 Å². The predicted molar refractivity (Wildman–Crippen MR) is 177 cm³/mol. The van der Waals surface area contributed by atoms with Gasteiger partial charge in [0.2, 0.25) is 5.51 Å². The zero-order valence-electron chi connectivity index (χ0n) is 24.7. The van der Waals surface area contributed by atoms with Crippen molar-refractivity contribution in [1.82, 2.24) is 0 Å². The number of aromatic nitrogens is 1. The van der Waals surface area contributed by atoms with E-state index < -0.39 is 13.6 Å². The molecule has 0 fully saturated rings. The van der Waals surface area contributed by atoms with Crippen LogP contribution in [0.3, 0.4) is 0 Å². The van der Waals surface area contributed by atoms with E-state index >= 15 is 0 Å². The van der Waals surface area contributed by atoms with Crippen molar-refractivity contribution in [3.63, 3.8) is 0 Å². The number of halogens is 4. The third kappa shape index (κ3) is 12.3. The van der Waals surface area contributed by atoms with Crippen molar-refractivity contribution in [2.24, 2.45) is 0 Å². The SMILES string of the molecule is CCCCCCCCCCCCCCOc1c(Cl)c(Cl)c(OP(=O)([O-])Oc2cccc(C[n+]3csc(C)c3)c2)c(Cl)c1Cl. The summed E-state index contributed by atoms with van der Waals surface area (Å²) < 4.78 is 31.0. The summed E-state index contributed by atoms with van der Waals surface area (Å²) in [5.74, 6) is -0.255. The molecule has 0 saturated heterocycles. The van der Waals surface area contributed by atoms with E-state index in [-0.39, 0.29) is 31.6 Å². The van der Waals surface area contributed by atoms with Gasteiger partial charge in [-0.3, -0.25) is 0 Å². The first-order valence-electron chi connectivity index (χ1n) is 14.8. The average molecular weight is 712 g/mol. The number of unbranched alkanes of at least 4 members (excludes halogenated alkanes) is 11. The van der Waals surface area contributed by atoms with Crippen LogP contribution in [-0.2, 0) is 11.1 Å². The van der Waals surface area contributed by atoms with Crippen molar-refractivity contribution in [3.05, 3.63) is 66.5 Å². The summed E-state index contributed by atoms with van der Waals surface area (Å²) in [6, 6.07) is 6.69. The van der Waals surface area contributed by atoms with Crippen LogP contribution in [0, 0.1) is 6.92 Å². The second-order valence-corrected chi connectivity index (χ2v) is 14.4. The zero-order chi connectivity index (χ0) is 31.2. The van der Waals surface area contributed by atoms with Gasteiger partial charge >= 0.3 is 7.82 Å². The third-order valence-corrected chi connectivity index (χ3v) is 10.2. The Balaban J connectivity index is 1.48. The van der Waals surface area contributed by atoms with Crippen molar-refractivity contribution >= 4 is 65.6 Å². The summed E-state index contributed by atoms with van der Waals surface area (Å²) >= 11 is 27.1. The predicted octanol–water partition coefficient (Wildman–Crippen LogP) is 11.0. The summed E-state index contributed by atoms with van der Waals surface area (Å²) in [6.07, 6.45) is 16.7. The smallest absolute Gasteiger partial charge is 0.372 e. The van der Waals surface area contributed by atoms with Crippen LogP contribution in [0.5, 0.6) is 17.2 Å². The van der Waals surface area contributed by atoms with Gasteiger partial charge in [-0.1, -0.05) is 147 Å². The highest BCUT2D eigenvalue weighted by atomic mass is 35.5. The molecule has 0 amide bonds. The van der Waals surface area contributed by atoms with E-state index in [1.165, 1.54) is 63.9 Å². The molecule has 0 aliphatic rings. The quantitative estimate of drug-likeness (QED) is 0.0505. The summed E-state index contributed by atoms with van der Waals surface area (Å²) in [6.45, 7) is 5.17. The molecule has 0 N–H and O–H groups in total. The lowest BCUT2D eigenvalue weighted by atomic mass is 10.1. The van der Waals surface area contributed by atoms with E-state index in [1.807, 2.05) is 29.3 Å². The number of rotatable bonds is 20. The molecule has 238 valence electrons. The molecular formula is C31H40Cl4NO5PS. The minimum Gasteiger partial charge on any atom is -0.736 e. The first kappa shape index (κ1) is 36.3. The molecule has 0 bridgehead atoms. The normalized spacial score (nSPS) is 12.7. The fraction of sp³-hybridized carbons (Fsp3) is 0.516. The summed E-state index contributed by atoms with van der Waals surface area (Å²) in [5, 5.41) is -0.651. The van der Waals surface area contributed by atoms with Crippen LogP contribution in [0.4, 0.5) is 0 Å². The van der Waals surface area contributed by atoms with Gasteiger partial charge in [0.05, 0.1) is 11.5 Å². The molecule has 0 aliphatic heterocycles. The van der Waals surface area contributed by atoms with E-state index in [1.54, 1.807) is 23.5 Å². The Morgan fingerprint density at radius 1 is 0.814 bits per heavy atom. The van der Waals surface area contributed by atoms with Gasteiger partial charge in [-0.05, 0) is 25.5 Å². The first-order valence-corrected chi connectivity index (χ1v) is 18.7. The number of hydrogen-bond acceptors (Lipinski definition) is 6. The minimum atomic E-state index is -4.98. The van der Waals surface area contributed by atoms with Crippen molar-refractivity contribution in [2.45, 2.75) is 97.4 Å². The van der Waals surface area contributed by atoms with Gasteiger partial charge in [-0.2, -0.15) is 4.57 Å². The molecular weight excluding hydrogens is 671 g/mol. The molecule has 1 aromatic heterocycles. The van der Waals surface area contributed by atoms with Gasteiger partial charge in [-0.25, -0.2) is 4.57 Å².